The third kappa shape index (κ3) is 5.10. The van der Waals surface area contributed by atoms with Crippen LogP contribution in [-0.4, -0.2) is 25.2 Å². The number of rotatable bonds is 7. The van der Waals surface area contributed by atoms with Gasteiger partial charge in [0, 0.05) is 26.3 Å². The highest BCUT2D eigenvalue weighted by atomic mass is 19.1. The molecular weight excluding hydrogens is 231 g/mol. The number of ether oxygens (including phenoxy) is 1. The molecule has 0 amide bonds. The van der Waals surface area contributed by atoms with Gasteiger partial charge in [0.15, 0.2) is 0 Å². The summed E-state index contributed by atoms with van der Waals surface area (Å²) in [6, 6.07) is 3.28. The first-order valence-corrected chi connectivity index (χ1v) is 6.28. The fourth-order valence-electron chi connectivity index (χ4n) is 1.64. The molecule has 4 heteroatoms. The monoisotopic (exact) mass is 254 g/mol. The Bertz CT molecular complexity index is 351. The molecule has 0 radical (unpaired) electrons. The van der Waals surface area contributed by atoms with E-state index in [4.69, 9.17) is 4.74 Å². The first kappa shape index (κ1) is 15.1. The number of nitrogens with one attached hydrogen (secondary N) is 1. The van der Waals surface area contributed by atoms with E-state index in [1.54, 1.807) is 13.2 Å². The normalized spacial score (nSPS) is 13.6. The molecule has 1 aromatic heterocycles. The van der Waals surface area contributed by atoms with E-state index >= 15 is 0 Å². The lowest BCUT2D eigenvalue weighted by Gasteiger charge is -2.26. The molecule has 1 N–H and O–H groups in total. The van der Waals surface area contributed by atoms with Gasteiger partial charge in [-0.05, 0) is 30.9 Å². The molecule has 18 heavy (non-hydrogen) atoms. The van der Waals surface area contributed by atoms with E-state index in [9.17, 15) is 4.39 Å². The largest absolute Gasteiger partial charge is 0.385 e. The smallest absolute Gasteiger partial charge is 0.141 e. The lowest BCUT2D eigenvalue weighted by Crippen LogP contribution is -2.32. The average molecular weight is 254 g/mol. The Balaban J connectivity index is 2.45. The highest BCUT2D eigenvalue weighted by molar-refractivity contribution is 5.09. The van der Waals surface area contributed by atoms with Crippen molar-refractivity contribution in [3.63, 3.8) is 0 Å². The van der Waals surface area contributed by atoms with E-state index in [-0.39, 0.29) is 17.3 Å². The van der Waals surface area contributed by atoms with Crippen LogP contribution >= 0.6 is 0 Å². The summed E-state index contributed by atoms with van der Waals surface area (Å²) in [6.07, 6.45) is 2.25. The van der Waals surface area contributed by atoms with Crippen LogP contribution in [0.3, 0.4) is 0 Å². The molecule has 1 rings (SSSR count). The Kier molecular flexibility index (Phi) is 5.69. The number of pyridine rings is 1. The molecule has 0 spiro atoms. The quantitative estimate of drug-likeness (QED) is 0.812. The van der Waals surface area contributed by atoms with Gasteiger partial charge in [0.25, 0.3) is 0 Å². The predicted octanol–water partition coefficient (Wildman–Crippen LogP) is 2.93. The van der Waals surface area contributed by atoms with Crippen molar-refractivity contribution in [1.82, 2.24) is 10.3 Å². The summed E-state index contributed by atoms with van der Waals surface area (Å²) in [5.41, 5.74) is 1.03. The zero-order chi connectivity index (χ0) is 13.6. The molecule has 0 saturated carbocycles. The van der Waals surface area contributed by atoms with Crippen molar-refractivity contribution in [2.24, 2.45) is 5.41 Å². The summed E-state index contributed by atoms with van der Waals surface area (Å²) in [4.78, 5) is 4.08. The number of halogens is 1. The maximum atomic E-state index is 12.8. The van der Waals surface area contributed by atoms with Crippen molar-refractivity contribution in [1.29, 1.82) is 0 Å². The Morgan fingerprint density at radius 3 is 2.72 bits per heavy atom. The van der Waals surface area contributed by atoms with Gasteiger partial charge >= 0.3 is 0 Å². The van der Waals surface area contributed by atoms with Crippen LogP contribution < -0.4 is 5.32 Å². The first-order valence-electron chi connectivity index (χ1n) is 6.28. The average Bonchev–Trinajstić information content (AvgIpc) is 2.35. The maximum Gasteiger partial charge on any atom is 0.141 e. The van der Waals surface area contributed by atoms with Crippen molar-refractivity contribution in [3.05, 3.63) is 29.8 Å². The van der Waals surface area contributed by atoms with Gasteiger partial charge in [-0.3, -0.25) is 4.98 Å². The molecule has 1 atom stereocenters. The Labute approximate surface area is 109 Å². The van der Waals surface area contributed by atoms with Crippen LogP contribution in [0.2, 0.25) is 0 Å². The second-order valence-corrected chi connectivity index (χ2v) is 5.41. The summed E-state index contributed by atoms with van der Waals surface area (Å²) >= 11 is 0. The predicted molar refractivity (Wildman–Crippen MR) is 70.9 cm³/mol. The van der Waals surface area contributed by atoms with E-state index in [1.165, 1.54) is 12.3 Å². The summed E-state index contributed by atoms with van der Waals surface area (Å²) in [5.74, 6) is -0.300. The van der Waals surface area contributed by atoms with Crippen molar-refractivity contribution >= 4 is 0 Å². The third-order valence-electron chi connectivity index (χ3n) is 3.06. The van der Waals surface area contributed by atoms with Crippen LogP contribution in [0.4, 0.5) is 4.39 Å². The van der Waals surface area contributed by atoms with Crippen LogP contribution in [0.15, 0.2) is 18.3 Å². The highest BCUT2D eigenvalue weighted by Gasteiger charge is 2.18. The summed E-state index contributed by atoms with van der Waals surface area (Å²) in [5, 5.41) is 3.43. The number of nitrogens with zero attached hydrogens (tertiary/aromatic N) is 1. The maximum absolute atomic E-state index is 12.8. The van der Waals surface area contributed by atoms with Gasteiger partial charge in [0.2, 0.25) is 0 Å². The highest BCUT2D eigenvalue weighted by Crippen LogP contribution is 2.20. The minimum Gasteiger partial charge on any atom is -0.385 e. The van der Waals surface area contributed by atoms with Crippen molar-refractivity contribution in [2.75, 3.05) is 20.3 Å². The van der Waals surface area contributed by atoms with E-state index < -0.39 is 0 Å². The summed E-state index contributed by atoms with van der Waals surface area (Å²) in [6.45, 7) is 8.06. The Morgan fingerprint density at radius 2 is 2.17 bits per heavy atom. The molecule has 102 valence electrons. The van der Waals surface area contributed by atoms with E-state index in [2.05, 4.69) is 24.1 Å². The second-order valence-electron chi connectivity index (χ2n) is 5.41. The van der Waals surface area contributed by atoms with Crippen molar-refractivity contribution in [3.8, 4) is 0 Å². The number of aromatic nitrogens is 1. The van der Waals surface area contributed by atoms with Crippen LogP contribution in [-0.2, 0) is 4.74 Å². The molecule has 0 aliphatic carbocycles. The summed E-state index contributed by atoms with van der Waals surface area (Å²) in [7, 11) is 1.72. The molecule has 0 aliphatic heterocycles. The molecule has 0 aliphatic rings. The van der Waals surface area contributed by atoms with Crippen LogP contribution in [0, 0.1) is 11.2 Å². The molecule has 0 aromatic carbocycles. The van der Waals surface area contributed by atoms with Crippen molar-refractivity contribution < 1.29 is 9.13 Å². The number of methoxy groups -OCH3 is 1. The number of hydrogen-bond acceptors (Lipinski definition) is 3. The van der Waals surface area contributed by atoms with Crippen LogP contribution in [0.1, 0.15) is 38.9 Å². The standard InChI is InChI=1S/C14H23FN2O/c1-11(13-6-5-12(15)9-16-13)17-10-14(2,3)7-8-18-4/h5-6,9,11,17H,7-8,10H2,1-4H3. The number of hydrogen-bond donors (Lipinski definition) is 1. The lowest BCUT2D eigenvalue weighted by molar-refractivity contribution is 0.149. The van der Waals surface area contributed by atoms with Gasteiger partial charge < -0.3 is 10.1 Å². The van der Waals surface area contributed by atoms with Crippen molar-refractivity contribution in [2.45, 2.75) is 33.2 Å². The van der Waals surface area contributed by atoms with Gasteiger partial charge in [-0.2, -0.15) is 0 Å². The Hall–Kier alpha value is -1.00. The zero-order valence-electron chi connectivity index (χ0n) is 11.7. The first-order chi connectivity index (χ1) is 8.44. The van der Waals surface area contributed by atoms with Gasteiger partial charge in [0.1, 0.15) is 5.82 Å². The molecule has 0 bridgehead atoms. The van der Waals surface area contributed by atoms with E-state index in [0.717, 1.165) is 25.3 Å². The minimum absolute atomic E-state index is 0.118. The van der Waals surface area contributed by atoms with Gasteiger partial charge in [-0.15, -0.1) is 0 Å². The molecule has 1 heterocycles. The Morgan fingerprint density at radius 1 is 1.44 bits per heavy atom. The zero-order valence-corrected chi connectivity index (χ0v) is 11.7. The molecule has 1 unspecified atom stereocenters. The topological polar surface area (TPSA) is 34.1 Å². The molecule has 0 fully saturated rings. The molecule has 3 nitrogen and oxygen atoms in total. The van der Waals surface area contributed by atoms with Gasteiger partial charge in [-0.25, -0.2) is 4.39 Å². The van der Waals surface area contributed by atoms with E-state index in [0.29, 0.717) is 0 Å². The molecular formula is C14H23FN2O. The van der Waals surface area contributed by atoms with E-state index in [1.807, 2.05) is 6.92 Å². The van der Waals surface area contributed by atoms with Crippen LogP contribution in [0.5, 0.6) is 0 Å². The van der Waals surface area contributed by atoms with Crippen LogP contribution in [0.25, 0.3) is 0 Å². The third-order valence-corrected chi connectivity index (χ3v) is 3.06. The molecule has 0 saturated heterocycles. The SMILES string of the molecule is COCCC(C)(C)CNC(C)c1ccc(F)cn1. The lowest BCUT2D eigenvalue weighted by atomic mass is 9.89. The van der Waals surface area contributed by atoms with Gasteiger partial charge in [0.05, 0.1) is 11.9 Å². The molecule has 1 aromatic rings. The van der Waals surface area contributed by atoms with Gasteiger partial charge in [-0.1, -0.05) is 13.8 Å². The minimum atomic E-state index is -0.300. The fraction of sp³-hybridized carbons (Fsp3) is 0.643. The fourth-order valence-corrected chi connectivity index (χ4v) is 1.64. The summed E-state index contributed by atoms with van der Waals surface area (Å²) < 4.78 is 17.9. The second kappa shape index (κ2) is 6.81.